The molecule has 0 aliphatic carbocycles. The van der Waals surface area contributed by atoms with Gasteiger partial charge in [-0.3, -0.25) is 4.79 Å². The van der Waals surface area contributed by atoms with Gasteiger partial charge in [0.1, 0.15) is 6.61 Å². The highest BCUT2D eigenvalue weighted by molar-refractivity contribution is 5.94. The van der Waals surface area contributed by atoms with Crippen LogP contribution in [0.5, 0.6) is 0 Å². The van der Waals surface area contributed by atoms with Gasteiger partial charge in [0.15, 0.2) is 0 Å². The maximum atomic E-state index is 11.8. The number of nitrogens with one attached hydrogen (secondary N) is 1. The van der Waals surface area contributed by atoms with Crippen LogP contribution in [0, 0.1) is 11.8 Å². The van der Waals surface area contributed by atoms with Crippen LogP contribution in [0.25, 0.3) is 0 Å². The third-order valence-electron chi connectivity index (χ3n) is 2.52. The van der Waals surface area contributed by atoms with Gasteiger partial charge in [0.25, 0.3) is 5.91 Å². The van der Waals surface area contributed by atoms with E-state index >= 15 is 0 Å². The molecule has 0 aliphatic heterocycles. The Morgan fingerprint density at radius 2 is 2.05 bits per heavy atom. The molecule has 19 heavy (non-hydrogen) atoms. The normalized spacial score (nSPS) is 9.58. The number of unbranched alkanes of at least 4 members (excludes halogenated alkanes) is 1. The molecule has 0 spiro atoms. The first kappa shape index (κ1) is 15.2. The Morgan fingerprint density at radius 1 is 1.32 bits per heavy atom. The van der Waals surface area contributed by atoms with E-state index in [1.165, 1.54) is 0 Å². The minimum atomic E-state index is -0.163. The summed E-state index contributed by atoms with van der Waals surface area (Å²) in [5.74, 6) is 5.26. The fourth-order valence-corrected chi connectivity index (χ4v) is 1.52. The summed E-state index contributed by atoms with van der Waals surface area (Å²) in [6.45, 7) is 1.20. The van der Waals surface area contributed by atoms with Crippen LogP contribution in [0.1, 0.15) is 28.8 Å². The van der Waals surface area contributed by atoms with Crippen molar-refractivity contribution >= 4 is 5.91 Å². The number of benzene rings is 1. The van der Waals surface area contributed by atoms with Gasteiger partial charge in [-0.05, 0) is 37.1 Å². The second-order valence-electron chi connectivity index (χ2n) is 3.99. The zero-order valence-corrected chi connectivity index (χ0v) is 11.1. The Morgan fingerprint density at radius 3 is 2.68 bits per heavy atom. The van der Waals surface area contributed by atoms with E-state index in [9.17, 15) is 4.79 Å². The van der Waals surface area contributed by atoms with Crippen molar-refractivity contribution in [1.29, 1.82) is 0 Å². The molecule has 0 unspecified atom stereocenters. The Hall–Kier alpha value is -1.83. The fourth-order valence-electron chi connectivity index (χ4n) is 1.52. The van der Waals surface area contributed by atoms with Gasteiger partial charge in [-0.1, -0.05) is 11.8 Å². The molecule has 0 atom stereocenters. The molecule has 0 bridgehead atoms. The zero-order chi connectivity index (χ0) is 13.9. The summed E-state index contributed by atoms with van der Waals surface area (Å²) in [7, 11) is 1.67. The molecule has 0 aromatic heterocycles. The third-order valence-corrected chi connectivity index (χ3v) is 2.52. The zero-order valence-electron chi connectivity index (χ0n) is 11.1. The lowest BCUT2D eigenvalue weighted by atomic mass is 10.1. The summed E-state index contributed by atoms with van der Waals surface area (Å²) in [6, 6.07) is 6.99. The molecule has 0 heterocycles. The lowest BCUT2D eigenvalue weighted by Gasteiger charge is -2.05. The van der Waals surface area contributed by atoms with Gasteiger partial charge in [0.05, 0.1) is 0 Å². The van der Waals surface area contributed by atoms with E-state index < -0.39 is 0 Å². The minimum absolute atomic E-state index is 0.0842. The maximum absolute atomic E-state index is 11.8. The molecule has 4 nitrogen and oxygen atoms in total. The molecule has 1 rings (SSSR count). The number of hydrogen-bond donors (Lipinski definition) is 2. The van der Waals surface area contributed by atoms with Crippen molar-refractivity contribution in [2.24, 2.45) is 0 Å². The Balaban J connectivity index is 2.40. The van der Waals surface area contributed by atoms with Crippen LogP contribution in [0.15, 0.2) is 24.3 Å². The quantitative estimate of drug-likeness (QED) is 0.597. The van der Waals surface area contributed by atoms with Gasteiger partial charge in [-0.25, -0.2) is 0 Å². The third kappa shape index (κ3) is 6.05. The van der Waals surface area contributed by atoms with Crippen LogP contribution in [0.3, 0.4) is 0 Å². The molecule has 0 radical (unpaired) electrons. The molecular weight excluding hydrogens is 242 g/mol. The van der Waals surface area contributed by atoms with Gasteiger partial charge in [0, 0.05) is 31.4 Å². The molecule has 4 heteroatoms. The summed E-state index contributed by atoms with van der Waals surface area (Å²) in [4.78, 5) is 11.8. The van der Waals surface area contributed by atoms with Crippen LogP contribution in [-0.4, -0.2) is 37.9 Å². The summed E-state index contributed by atoms with van der Waals surface area (Å²) in [5.41, 5.74) is 1.40. The van der Waals surface area contributed by atoms with E-state index in [0.29, 0.717) is 18.7 Å². The van der Waals surface area contributed by atoms with Gasteiger partial charge in [0.2, 0.25) is 0 Å². The number of rotatable bonds is 6. The van der Waals surface area contributed by atoms with Gasteiger partial charge in [-0.2, -0.15) is 0 Å². The van der Waals surface area contributed by atoms with Crippen molar-refractivity contribution in [3.8, 4) is 11.8 Å². The van der Waals surface area contributed by atoms with Crippen molar-refractivity contribution in [1.82, 2.24) is 5.32 Å². The minimum Gasteiger partial charge on any atom is -0.385 e. The molecule has 1 amide bonds. The van der Waals surface area contributed by atoms with E-state index in [0.717, 1.165) is 18.4 Å². The summed E-state index contributed by atoms with van der Waals surface area (Å²) >= 11 is 0. The first-order valence-electron chi connectivity index (χ1n) is 6.25. The number of methoxy groups -OCH3 is 1. The molecular formula is C15H19NO3. The lowest BCUT2D eigenvalue weighted by Crippen LogP contribution is -2.24. The number of carbonyl (C=O) groups is 1. The van der Waals surface area contributed by atoms with E-state index in [2.05, 4.69) is 17.2 Å². The topological polar surface area (TPSA) is 58.6 Å². The highest BCUT2D eigenvalue weighted by Gasteiger charge is 2.03. The van der Waals surface area contributed by atoms with Crippen LogP contribution in [0.4, 0.5) is 0 Å². The second kappa shape index (κ2) is 9.15. The standard InChI is InChI=1S/C15H19NO3/c1-19-12-3-2-10-16-15(18)14-8-6-13(7-9-14)5-4-11-17/h6-9,17H,2-3,10-12H2,1H3,(H,16,18). The Labute approximate surface area is 113 Å². The Kier molecular flexibility index (Phi) is 7.33. The highest BCUT2D eigenvalue weighted by atomic mass is 16.5. The fraction of sp³-hybridized carbons (Fsp3) is 0.400. The van der Waals surface area contributed by atoms with Crippen molar-refractivity contribution in [3.63, 3.8) is 0 Å². The molecule has 0 aliphatic rings. The molecule has 0 saturated heterocycles. The second-order valence-corrected chi connectivity index (χ2v) is 3.99. The number of hydrogen-bond acceptors (Lipinski definition) is 3. The van der Waals surface area contributed by atoms with Gasteiger partial charge < -0.3 is 15.2 Å². The number of amides is 1. The van der Waals surface area contributed by atoms with Crippen LogP contribution in [-0.2, 0) is 4.74 Å². The first-order chi connectivity index (χ1) is 9.27. The molecule has 2 N–H and O–H groups in total. The van der Waals surface area contributed by atoms with Crippen molar-refractivity contribution in [2.45, 2.75) is 12.8 Å². The van der Waals surface area contributed by atoms with E-state index in [-0.39, 0.29) is 12.5 Å². The Bertz CT molecular complexity index is 443. The SMILES string of the molecule is COCCCCNC(=O)c1ccc(C#CCO)cc1. The number of ether oxygens (including phenoxy) is 1. The molecule has 1 aromatic carbocycles. The van der Waals surface area contributed by atoms with Crippen molar-refractivity contribution < 1.29 is 14.6 Å². The molecule has 0 fully saturated rings. The largest absolute Gasteiger partial charge is 0.385 e. The molecule has 0 saturated carbocycles. The average molecular weight is 261 g/mol. The average Bonchev–Trinajstić information content (AvgIpc) is 2.45. The van der Waals surface area contributed by atoms with Crippen LogP contribution in [0.2, 0.25) is 0 Å². The van der Waals surface area contributed by atoms with Crippen LogP contribution < -0.4 is 5.32 Å². The van der Waals surface area contributed by atoms with Crippen molar-refractivity contribution in [2.75, 3.05) is 26.9 Å². The highest BCUT2D eigenvalue weighted by Crippen LogP contribution is 2.03. The van der Waals surface area contributed by atoms with Crippen LogP contribution >= 0.6 is 0 Å². The summed E-state index contributed by atoms with van der Waals surface area (Å²) in [6.07, 6.45) is 1.84. The summed E-state index contributed by atoms with van der Waals surface area (Å²) in [5, 5.41) is 11.4. The lowest BCUT2D eigenvalue weighted by molar-refractivity contribution is 0.0951. The van der Waals surface area contributed by atoms with E-state index in [1.54, 1.807) is 31.4 Å². The number of aliphatic hydroxyl groups is 1. The van der Waals surface area contributed by atoms with Gasteiger partial charge in [-0.15, -0.1) is 0 Å². The maximum Gasteiger partial charge on any atom is 0.251 e. The first-order valence-corrected chi connectivity index (χ1v) is 6.25. The monoisotopic (exact) mass is 261 g/mol. The smallest absolute Gasteiger partial charge is 0.251 e. The molecule has 102 valence electrons. The van der Waals surface area contributed by atoms with E-state index in [1.807, 2.05) is 0 Å². The molecule has 1 aromatic rings. The number of carbonyl (C=O) groups excluding carboxylic acids is 1. The van der Waals surface area contributed by atoms with E-state index in [4.69, 9.17) is 9.84 Å². The summed E-state index contributed by atoms with van der Waals surface area (Å²) < 4.78 is 4.94. The predicted molar refractivity (Wildman–Crippen MR) is 73.8 cm³/mol. The van der Waals surface area contributed by atoms with Gasteiger partial charge >= 0.3 is 0 Å². The van der Waals surface area contributed by atoms with Crippen molar-refractivity contribution in [3.05, 3.63) is 35.4 Å². The number of aliphatic hydroxyl groups excluding tert-OH is 1. The predicted octanol–water partition coefficient (Wildman–Crippen LogP) is 1.19.